The van der Waals surface area contributed by atoms with Crippen molar-refractivity contribution in [2.24, 2.45) is 0 Å². The maximum absolute atomic E-state index is 12.4. The van der Waals surface area contributed by atoms with Gasteiger partial charge in [0, 0.05) is 38.2 Å². The largest absolute Gasteiger partial charge is 0.304 e. The van der Waals surface area contributed by atoms with Crippen LogP contribution in [0, 0.1) is 0 Å². The Morgan fingerprint density at radius 3 is 2.50 bits per heavy atom. The summed E-state index contributed by atoms with van der Waals surface area (Å²) in [5.41, 5.74) is 0.845. The SMILES string of the molecule is CN1CCN(CCCC(=O)c2ccc3ccccc3c2)CC1. The van der Waals surface area contributed by atoms with Gasteiger partial charge in [-0.2, -0.15) is 0 Å². The molecule has 0 N–H and O–H groups in total. The topological polar surface area (TPSA) is 23.6 Å². The Labute approximate surface area is 132 Å². The van der Waals surface area contributed by atoms with Crippen molar-refractivity contribution in [1.29, 1.82) is 0 Å². The van der Waals surface area contributed by atoms with Crippen LogP contribution in [0.2, 0.25) is 0 Å². The number of benzene rings is 2. The second-order valence-corrected chi connectivity index (χ2v) is 6.23. The number of Topliss-reactive ketones (excluding diaryl/α,β-unsaturated/α-hetero) is 1. The Hall–Kier alpha value is -1.71. The molecule has 0 spiro atoms. The lowest BCUT2D eigenvalue weighted by Gasteiger charge is -2.32. The summed E-state index contributed by atoms with van der Waals surface area (Å²) in [6.07, 6.45) is 1.60. The molecule has 0 aliphatic carbocycles. The van der Waals surface area contributed by atoms with Crippen LogP contribution < -0.4 is 0 Å². The van der Waals surface area contributed by atoms with Gasteiger partial charge in [-0.3, -0.25) is 4.79 Å². The van der Waals surface area contributed by atoms with E-state index in [9.17, 15) is 4.79 Å². The lowest BCUT2D eigenvalue weighted by molar-refractivity contribution is 0.0967. The van der Waals surface area contributed by atoms with Crippen LogP contribution >= 0.6 is 0 Å². The molecular weight excluding hydrogens is 272 g/mol. The first kappa shape index (κ1) is 15.2. The maximum Gasteiger partial charge on any atom is 0.162 e. The first-order valence-electron chi connectivity index (χ1n) is 8.15. The third kappa shape index (κ3) is 3.73. The predicted molar refractivity (Wildman–Crippen MR) is 91.4 cm³/mol. The second-order valence-electron chi connectivity index (χ2n) is 6.23. The minimum Gasteiger partial charge on any atom is -0.304 e. The van der Waals surface area contributed by atoms with Gasteiger partial charge >= 0.3 is 0 Å². The van der Waals surface area contributed by atoms with Crippen molar-refractivity contribution in [1.82, 2.24) is 9.80 Å². The van der Waals surface area contributed by atoms with Crippen molar-refractivity contribution < 1.29 is 4.79 Å². The van der Waals surface area contributed by atoms with E-state index >= 15 is 0 Å². The molecule has 0 unspecified atom stereocenters. The van der Waals surface area contributed by atoms with E-state index in [-0.39, 0.29) is 5.78 Å². The number of carbonyl (C=O) groups excluding carboxylic acids is 1. The number of fused-ring (bicyclic) bond motifs is 1. The summed E-state index contributed by atoms with van der Waals surface area (Å²) < 4.78 is 0. The lowest BCUT2D eigenvalue weighted by atomic mass is 10.0. The van der Waals surface area contributed by atoms with Gasteiger partial charge in [0.2, 0.25) is 0 Å². The van der Waals surface area contributed by atoms with E-state index in [1.807, 2.05) is 30.3 Å². The third-order valence-electron chi connectivity index (χ3n) is 4.55. The summed E-state index contributed by atoms with van der Waals surface area (Å²) >= 11 is 0. The number of likely N-dealkylation sites (N-methyl/N-ethyl adjacent to an activating group) is 1. The Morgan fingerprint density at radius 1 is 1.00 bits per heavy atom. The van der Waals surface area contributed by atoms with Crippen LogP contribution in [-0.2, 0) is 0 Å². The quantitative estimate of drug-likeness (QED) is 0.792. The van der Waals surface area contributed by atoms with Crippen LogP contribution in [0.1, 0.15) is 23.2 Å². The van der Waals surface area contributed by atoms with Crippen molar-refractivity contribution in [2.75, 3.05) is 39.8 Å². The third-order valence-corrected chi connectivity index (χ3v) is 4.55. The minimum absolute atomic E-state index is 0.264. The molecule has 0 aromatic heterocycles. The molecule has 0 radical (unpaired) electrons. The molecule has 1 fully saturated rings. The van der Waals surface area contributed by atoms with Crippen molar-refractivity contribution in [3.05, 3.63) is 48.0 Å². The van der Waals surface area contributed by atoms with Crippen molar-refractivity contribution >= 4 is 16.6 Å². The first-order chi connectivity index (χ1) is 10.7. The number of carbonyl (C=O) groups is 1. The fourth-order valence-electron chi connectivity index (χ4n) is 3.04. The molecule has 3 rings (SSSR count). The molecule has 2 aromatic carbocycles. The van der Waals surface area contributed by atoms with E-state index in [4.69, 9.17) is 0 Å². The van der Waals surface area contributed by atoms with E-state index in [0.29, 0.717) is 6.42 Å². The van der Waals surface area contributed by atoms with E-state index in [0.717, 1.165) is 50.1 Å². The van der Waals surface area contributed by atoms with Crippen LogP contribution in [-0.4, -0.2) is 55.4 Å². The summed E-state index contributed by atoms with van der Waals surface area (Å²) in [5, 5.41) is 2.34. The summed E-state index contributed by atoms with van der Waals surface area (Å²) in [6, 6.07) is 14.2. The van der Waals surface area contributed by atoms with E-state index in [1.165, 1.54) is 5.39 Å². The van der Waals surface area contributed by atoms with Crippen LogP contribution in [0.5, 0.6) is 0 Å². The van der Waals surface area contributed by atoms with Gasteiger partial charge < -0.3 is 9.80 Å². The van der Waals surface area contributed by atoms with Crippen LogP contribution in [0.3, 0.4) is 0 Å². The molecule has 0 amide bonds. The molecule has 116 valence electrons. The van der Waals surface area contributed by atoms with Gasteiger partial charge in [0.05, 0.1) is 0 Å². The highest BCUT2D eigenvalue weighted by Gasteiger charge is 2.14. The Balaban J connectivity index is 1.52. The molecule has 22 heavy (non-hydrogen) atoms. The Kier molecular flexibility index (Phi) is 4.86. The van der Waals surface area contributed by atoms with E-state index in [2.05, 4.69) is 29.0 Å². The molecule has 1 heterocycles. The number of ketones is 1. The summed E-state index contributed by atoms with van der Waals surface area (Å²) in [7, 11) is 2.17. The molecule has 1 aliphatic heterocycles. The molecule has 1 aliphatic rings. The molecule has 1 saturated heterocycles. The monoisotopic (exact) mass is 296 g/mol. The smallest absolute Gasteiger partial charge is 0.162 e. The van der Waals surface area contributed by atoms with Crippen LogP contribution in [0.25, 0.3) is 10.8 Å². The average Bonchev–Trinajstić information content (AvgIpc) is 2.56. The fourth-order valence-corrected chi connectivity index (χ4v) is 3.04. The summed E-state index contributed by atoms with van der Waals surface area (Å²) in [6.45, 7) is 5.56. The number of hydrogen-bond acceptors (Lipinski definition) is 3. The minimum atomic E-state index is 0.264. The normalized spacial score (nSPS) is 17.0. The molecule has 3 nitrogen and oxygen atoms in total. The Morgan fingerprint density at radius 2 is 1.73 bits per heavy atom. The molecule has 0 saturated carbocycles. The van der Waals surface area contributed by atoms with Gasteiger partial charge in [0.25, 0.3) is 0 Å². The number of nitrogens with zero attached hydrogens (tertiary/aromatic N) is 2. The number of rotatable bonds is 5. The van der Waals surface area contributed by atoms with Gasteiger partial charge in [0.15, 0.2) is 5.78 Å². The first-order valence-corrected chi connectivity index (χ1v) is 8.15. The fraction of sp³-hybridized carbons (Fsp3) is 0.421. The molecule has 0 bridgehead atoms. The average molecular weight is 296 g/mol. The van der Waals surface area contributed by atoms with E-state index in [1.54, 1.807) is 0 Å². The van der Waals surface area contributed by atoms with Gasteiger partial charge in [-0.15, -0.1) is 0 Å². The van der Waals surface area contributed by atoms with Crippen molar-refractivity contribution in [2.45, 2.75) is 12.8 Å². The molecule has 2 aromatic rings. The van der Waals surface area contributed by atoms with Crippen LogP contribution in [0.4, 0.5) is 0 Å². The zero-order valence-electron chi connectivity index (χ0n) is 13.3. The van der Waals surface area contributed by atoms with Crippen molar-refractivity contribution in [3.8, 4) is 0 Å². The van der Waals surface area contributed by atoms with E-state index < -0.39 is 0 Å². The number of piperazine rings is 1. The molecule has 3 heteroatoms. The van der Waals surface area contributed by atoms with Gasteiger partial charge in [-0.05, 0) is 36.9 Å². The summed E-state index contributed by atoms with van der Waals surface area (Å²) in [4.78, 5) is 17.2. The van der Waals surface area contributed by atoms with Gasteiger partial charge in [-0.25, -0.2) is 0 Å². The zero-order chi connectivity index (χ0) is 15.4. The highest BCUT2D eigenvalue weighted by Crippen LogP contribution is 2.17. The maximum atomic E-state index is 12.4. The van der Waals surface area contributed by atoms with Crippen molar-refractivity contribution in [3.63, 3.8) is 0 Å². The molecule has 0 atom stereocenters. The second kappa shape index (κ2) is 7.03. The summed E-state index contributed by atoms with van der Waals surface area (Å²) in [5.74, 6) is 0.264. The Bertz CT molecular complexity index is 645. The van der Waals surface area contributed by atoms with Crippen LogP contribution in [0.15, 0.2) is 42.5 Å². The van der Waals surface area contributed by atoms with Gasteiger partial charge in [-0.1, -0.05) is 36.4 Å². The number of hydrogen-bond donors (Lipinski definition) is 0. The standard InChI is InChI=1S/C19H24N2O/c1-20-11-13-21(14-12-20)10-4-7-19(22)18-9-8-16-5-2-3-6-17(16)15-18/h2-3,5-6,8-9,15H,4,7,10-14H2,1H3. The molecular formula is C19H24N2O. The zero-order valence-corrected chi connectivity index (χ0v) is 13.3. The highest BCUT2D eigenvalue weighted by atomic mass is 16.1. The lowest BCUT2D eigenvalue weighted by Crippen LogP contribution is -2.44. The predicted octanol–water partition coefficient (Wildman–Crippen LogP) is 3.05. The van der Waals surface area contributed by atoms with Gasteiger partial charge in [0.1, 0.15) is 0 Å². The highest BCUT2D eigenvalue weighted by molar-refractivity contribution is 5.99.